The summed E-state index contributed by atoms with van der Waals surface area (Å²) in [5.41, 5.74) is 2.79. The van der Waals surface area contributed by atoms with E-state index in [2.05, 4.69) is 20.4 Å². The van der Waals surface area contributed by atoms with Crippen molar-refractivity contribution >= 4 is 28.4 Å². The average molecular weight is 524 g/mol. The van der Waals surface area contributed by atoms with Crippen molar-refractivity contribution in [2.45, 2.75) is 26.5 Å². The zero-order valence-corrected chi connectivity index (χ0v) is 20.5. The van der Waals surface area contributed by atoms with Crippen LogP contribution in [-0.2, 0) is 6.61 Å². The lowest BCUT2D eigenvalue weighted by molar-refractivity contribution is 0.0911. The quantitative estimate of drug-likeness (QED) is 0.293. The minimum Gasteiger partial charge on any atom is -0.487 e. The van der Waals surface area contributed by atoms with Gasteiger partial charge in [0.15, 0.2) is 12.2 Å². The van der Waals surface area contributed by atoms with Crippen LogP contribution in [0.3, 0.4) is 0 Å². The zero-order chi connectivity index (χ0) is 26.1. The molecule has 1 N–H and O–H groups in total. The molecule has 2 aromatic carbocycles. The van der Waals surface area contributed by atoms with Crippen molar-refractivity contribution in [3.05, 3.63) is 101 Å². The molecule has 0 aliphatic carbocycles. The number of benzene rings is 2. The molecule has 0 saturated heterocycles. The molecule has 11 heteroatoms. The monoisotopic (exact) mass is 523 g/mol. The molecule has 0 spiro atoms. The highest BCUT2D eigenvalue weighted by molar-refractivity contribution is 6.31. The van der Waals surface area contributed by atoms with Crippen LogP contribution in [-0.4, -0.2) is 25.7 Å². The molecule has 0 radical (unpaired) electrons. The Hall–Kier alpha value is -4.31. The maximum atomic E-state index is 14.3. The molecule has 8 nitrogen and oxygen atoms in total. The van der Waals surface area contributed by atoms with E-state index in [1.54, 1.807) is 25.1 Å². The number of nitrogens with zero attached hydrogens (tertiary/aromatic N) is 4. The maximum absolute atomic E-state index is 14.3. The fourth-order valence-corrected chi connectivity index (χ4v) is 4.32. The van der Waals surface area contributed by atoms with E-state index < -0.39 is 23.6 Å². The Morgan fingerprint density at radius 3 is 2.78 bits per heavy atom. The van der Waals surface area contributed by atoms with E-state index in [0.29, 0.717) is 39.2 Å². The Labute approximate surface area is 214 Å². The highest BCUT2D eigenvalue weighted by Gasteiger charge is 2.21. The molecule has 0 saturated carbocycles. The van der Waals surface area contributed by atoms with Gasteiger partial charge < -0.3 is 14.5 Å². The second kappa shape index (κ2) is 9.98. The number of carbonyl (C=O) groups excluding carboxylic acids is 1. The highest BCUT2D eigenvalue weighted by atomic mass is 35.5. The van der Waals surface area contributed by atoms with Gasteiger partial charge in [-0.25, -0.2) is 23.4 Å². The number of hydrogen-bond acceptors (Lipinski definition) is 6. The van der Waals surface area contributed by atoms with Crippen LogP contribution in [0.4, 0.5) is 8.78 Å². The molecule has 188 valence electrons. The van der Waals surface area contributed by atoms with Gasteiger partial charge in [-0.2, -0.15) is 5.10 Å². The fourth-order valence-electron chi connectivity index (χ4n) is 4.05. The van der Waals surface area contributed by atoms with Gasteiger partial charge in [-0.05, 0) is 43.7 Å². The largest absolute Gasteiger partial charge is 0.487 e. The normalized spacial score (nSPS) is 12.0. The first kappa shape index (κ1) is 24.4. The molecular weight excluding hydrogens is 504 g/mol. The smallest absolute Gasteiger partial charge is 0.289 e. The van der Waals surface area contributed by atoms with Gasteiger partial charge in [-0.1, -0.05) is 23.7 Å². The van der Waals surface area contributed by atoms with Gasteiger partial charge >= 0.3 is 0 Å². The predicted octanol–water partition coefficient (Wildman–Crippen LogP) is 5.72. The van der Waals surface area contributed by atoms with E-state index in [-0.39, 0.29) is 17.4 Å². The van der Waals surface area contributed by atoms with Gasteiger partial charge in [0.2, 0.25) is 5.76 Å². The fraction of sp³-hybridized carbons (Fsp3) is 0.154. The first-order valence-corrected chi connectivity index (χ1v) is 11.6. The van der Waals surface area contributed by atoms with Crippen LogP contribution in [0.1, 0.15) is 40.3 Å². The number of nitrogens with one attached hydrogen (secondary N) is 1. The number of halogens is 3. The summed E-state index contributed by atoms with van der Waals surface area (Å²) in [4.78, 5) is 20.8. The number of aromatic nitrogens is 4. The molecule has 0 fully saturated rings. The number of ether oxygens (including phenoxy) is 1. The van der Waals surface area contributed by atoms with Gasteiger partial charge in [0, 0.05) is 16.6 Å². The minimum atomic E-state index is -0.626. The van der Waals surface area contributed by atoms with Crippen LogP contribution >= 0.6 is 11.6 Å². The Morgan fingerprint density at radius 2 is 2.05 bits per heavy atom. The van der Waals surface area contributed by atoms with Crippen molar-refractivity contribution in [2.75, 3.05) is 0 Å². The second-order valence-corrected chi connectivity index (χ2v) is 8.75. The van der Waals surface area contributed by atoms with Gasteiger partial charge in [0.05, 0.1) is 35.3 Å². The van der Waals surface area contributed by atoms with E-state index in [0.717, 1.165) is 12.6 Å². The SMILES string of the molecule is Cc1cc(-n2cc(F)cn2)c2cccc(OCc3c(Cl)cc(F)cc3[C@H](C)NC(=O)c3cnco3)c2n1. The van der Waals surface area contributed by atoms with Crippen LogP contribution < -0.4 is 10.1 Å². The number of pyridine rings is 1. The molecule has 3 aromatic heterocycles. The van der Waals surface area contributed by atoms with Crippen LogP contribution in [0.25, 0.3) is 16.6 Å². The molecule has 5 aromatic rings. The van der Waals surface area contributed by atoms with Gasteiger partial charge in [0.1, 0.15) is 23.7 Å². The van der Waals surface area contributed by atoms with E-state index in [4.69, 9.17) is 20.8 Å². The molecule has 0 unspecified atom stereocenters. The lowest BCUT2D eigenvalue weighted by Gasteiger charge is -2.20. The highest BCUT2D eigenvalue weighted by Crippen LogP contribution is 2.32. The molecule has 3 heterocycles. The van der Waals surface area contributed by atoms with E-state index in [1.807, 2.05) is 13.0 Å². The standard InChI is InChI=1S/C26H20ClF2N5O3/c1-14-6-22(34-11-17(29)9-31-34)18-4-3-5-23(25(18)32-14)36-12-20-19(7-16(28)8-21(20)27)15(2)33-26(35)24-10-30-13-37-24/h3-11,13,15H,12H2,1-2H3,(H,33,35)/t15-/m0/s1. The third-order valence-corrected chi connectivity index (χ3v) is 6.08. The number of amides is 1. The number of rotatable bonds is 7. The summed E-state index contributed by atoms with van der Waals surface area (Å²) in [6, 6.07) is 9.02. The predicted molar refractivity (Wildman–Crippen MR) is 132 cm³/mol. The van der Waals surface area contributed by atoms with E-state index in [1.165, 1.54) is 29.2 Å². The number of hydrogen-bond donors (Lipinski definition) is 1. The van der Waals surface area contributed by atoms with Crippen LogP contribution in [0, 0.1) is 18.6 Å². The van der Waals surface area contributed by atoms with Crippen molar-refractivity contribution < 1.29 is 22.7 Å². The summed E-state index contributed by atoms with van der Waals surface area (Å²) in [6.07, 6.45) is 4.83. The number of aryl methyl sites for hydroxylation is 1. The Bertz CT molecular complexity index is 1600. The summed E-state index contributed by atoms with van der Waals surface area (Å²) in [7, 11) is 0. The molecule has 0 aliphatic heterocycles. The Kier molecular flexibility index (Phi) is 6.58. The first-order valence-electron chi connectivity index (χ1n) is 11.2. The second-order valence-electron chi connectivity index (χ2n) is 8.34. The number of fused-ring (bicyclic) bond motifs is 1. The topological polar surface area (TPSA) is 95.1 Å². The maximum Gasteiger partial charge on any atom is 0.289 e. The first-order chi connectivity index (χ1) is 17.8. The molecule has 37 heavy (non-hydrogen) atoms. The lowest BCUT2D eigenvalue weighted by atomic mass is 10.0. The number of oxazole rings is 1. The summed E-state index contributed by atoms with van der Waals surface area (Å²) < 4.78 is 40.5. The van der Waals surface area contributed by atoms with Crippen LogP contribution in [0.15, 0.2) is 65.8 Å². The number of para-hydroxylation sites is 1. The third-order valence-electron chi connectivity index (χ3n) is 5.74. The van der Waals surface area contributed by atoms with Crippen molar-refractivity contribution in [3.63, 3.8) is 0 Å². The van der Waals surface area contributed by atoms with Crippen molar-refractivity contribution in [2.24, 2.45) is 0 Å². The lowest BCUT2D eigenvalue weighted by Crippen LogP contribution is -2.27. The Balaban J connectivity index is 1.47. The van der Waals surface area contributed by atoms with Crippen LogP contribution in [0.2, 0.25) is 5.02 Å². The molecule has 1 atom stereocenters. The summed E-state index contributed by atoms with van der Waals surface area (Å²) in [5, 5.41) is 7.66. The zero-order valence-electron chi connectivity index (χ0n) is 19.7. The van der Waals surface area contributed by atoms with E-state index in [9.17, 15) is 13.6 Å². The summed E-state index contributed by atoms with van der Waals surface area (Å²) >= 11 is 6.41. The third kappa shape index (κ3) is 5.01. The van der Waals surface area contributed by atoms with Crippen molar-refractivity contribution in [1.82, 2.24) is 25.1 Å². The van der Waals surface area contributed by atoms with Gasteiger partial charge in [-0.3, -0.25) is 4.79 Å². The summed E-state index contributed by atoms with van der Waals surface area (Å²) in [6.45, 7) is 3.48. The molecular formula is C26H20ClF2N5O3. The van der Waals surface area contributed by atoms with Crippen molar-refractivity contribution in [1.29, 1.82) is 0 Å². The summed E-state index contributed by atoms with van der Waals surface area (Å²) in [5.74, 6) is -1.05. The van der Waals surface area contributed by atoms with E-state index >= 15 is 0 Å². The number of carbonyl (C=O) groups is 1. The molecule has 0 bridgehead atoms. The van der Waals surface area contributed by atoms with Gasteiger partial charge in [-0.15, -0.1) is 0 Å². The van der Waals surface area contributed by atoms with Gasteiger partial charge in [0.25, 0.3) is 5.91 Å². The van der Waals surface area contributed by atoms with Crippen molar-refractivity contribution in [3.8, 4) is 11.4 Å². The Morgan fingerprint density at radius 1 is 1.22 bits per heavy atom. The minimum absolute atomic E-state index is 0.0252. The molecule has 0 aliphatic rings. The van der Waals surface area contributed by atoms with Crippen LogP contribution in [0.5, 0.6) is 5.75 Å². The molecule has 1 amide bonds. The molecule has 5 rings (SSSR count). The average Bonchev–Trinajstić information content (AvgIpc) is 3.55.